The van der Waals surface area contributed by atoms with Gasteiger partial charge in [0.25, 0.3) is 0 Å². The van der Waals surface area contributed by atoms with Gasteiger partial charge in [-0.2, -0.15) is 0 Å². The van der Waals surface area contributed by atoms with Crippen LogP contribution in [0.15, 0.2) is 34.0 Å². The van der Waals surface area contributed by atoms with Crippen molar-refractivity contribution < 1.29 is 8.42 Å². The van der Waals surface area contributed by atoms with Crippen molar-refractivity contribution in [1.29, 1.82) is 0 Å². The summed E-state index contributed by atoms with van der Waals surface area (Å²) in [5, 5.41) is 11.1. The Kier molecular flexibility index (Phi) is 5.32. The van der Waals surface area contributed by atoms with E-state index in [2.05, 4.69) is 22.2 Å². The summed E-state index contributed by atoms with van der Waals surface area (Å²) in [4.78, 5) is 4.87. The van der Waals surface area contributed by atoms with Gasteiger partial charge in [-0.25, -0.2) is 13.6 Å². The minimum atomic E-state index is -3.61. The van der Waals surface area contributed by atoms with Crippen LogP contribution >= 0.6 is 11.3 Å². The molecule has 4 N–H and O–H groups in total. The fourth-order valence-electron chi connectivity index (χ4n) is 1.17. The van der Waals surface area contributed by atoms with Crippen LogP contribution in [0.25, 0.3) is 0 Å². The van der Waals surface area contributed by atoms with Crippen LogP contribution < -0.4 is 15.8 Å². The Hall–Kier alpha value is -1.38. The van der Waals surface area contributed by atoms with Gasteiger partial charge in [0.15, 0.2) is 5.96 Å². The van der Waals surface area contributed by atoms with E-state index in [1.165, 1.54) is 6.07 Å². The fraction of sp³-hybridized carbons (Fsp3) is 0.300. The Morgan fingerprint density at radius 1 is 1.56 bits per heavy atom. The third kappa shape index (κ3) is 4.47. The largest absolute Gasteiger partial charge is 0.353 e. The van der Waals surface area contributed by atoms with E-state index in [1.807, 2.05) is 0 Å². The first kappa shape index (κ1) is 14.7. The normalized spacial score (nSPS) is 12.2. The minimum absolute atomic E-state index is 0.160. The van der Waals surface area contributed by atoms with Gasteiger partial charge >= 0.3 is 0 Å². The van der Waals surface area contributed by atoms with Gasteiger partial charge in [-0.1, -0.05) is 6.08 Å². The molecule has 0 bridgehead atoms. The molecule has 18 heavy (non-hydrogen) atoms. The predicted molar refractivity (Wildman–Crippen MR) is 74.1 cm³/mol. The Balaban J connectivity index is 2.58. The lowest BCUT2D eigenvalue weighted by Gasteiger charge is -2.08. The summed E-state index contributed by atoms with van der Waals surface area (Å²) in [5.41, 5.74) is 0. The van der Waals surface area contributed by atoms with Crippen molar-refractivity contribution in [2.45, 2.75) is 10.8 Å². The van der Waals surface area contributed by atoms with Gasteiger partial charge < -0.3 is 10.6 Å². The lowest BCUT2D eigenvalue weighted by molar-refractivity contribution is 0.600. The maximum absolute atomic E-state index is 11.1. The average Bonchev–Trinajstić information content (AvgIpc) is 2.78. The first-order valence-electron chi connectivity index (χ1n) is 5.14. The van der Waals surface area contributed by atoms with Crippen molar-refractivity contribution in [2.24, 2.45) is 10.1 Å². The van der Waals surface area contributed by atoms with Gasteiger partial charge in [0.2, 0.25) is 10.0 Å². The molecule has 1 heterocycles. The molecule has 6 nitrogen and oxygen atoms in total. The molecule has 0 amide bonds. The van der Waals surface area contributed by atoms with Crippen LogP contribution in [0, 0.1) is 0 Å². The van der Waals surface area contributed by atoms with Gasteiger partial charge in [-0.3, -0.25) is 4.99 Å². The van der Waals surface area contributed by atoms with E-state index in [0.717, 1.165) is 16.2 Å². The third-order valence-corrected chi connectivity index (χ3v) is 4.51. The molecular weight excluding hydrogens is 272 g/mol. The van der Waals surface area contributed by atoms with E-state index in [-0.39, 0.29) is 4.21 Å². The predicted octanol–water partition coefficient (Wildman–Crippen LogP) is 0.246. The molecule has 8 heteroatoms. The summed E-state index contributed by atoms with van der Waals surface area (Å²) in [6.45, 7) is 4.68. The van der Waals surface area contributed by atoms with Crippen molar-refractivity contribution in [1.82, 2.24) is 10.6 Å². The van der Waals surface area contributed by atoms with Crippen LogP contribution in [-0.4, -0.2) is 28.0 Å². The van der Waals surface area contributed by atoms with E-state index in [0.29, 0.717) is 19.0 Å². The zero-order chi connectivity index (χ0) is 13.6. The molecule has 0 fully saturated rings. The second kappa shape index (κ2) is 6.53. The molecule has 0 radical (unpaired) electrons. The summed E-state index contributed by atoms with van der Waals surface area (Å²) in [6, 6.07) is 3.22. The van der Waals surface area contributed by atoms with E-state index in [9.17, 15) is 8.42 Å². The van der Waals surface area contributed by atoms with Crippen LogP contribution in [0.3, 0.4) is 0 Å². The number of nitrogens with one attached hydrogen (secondary N) is 2. The molecule has 0 aliphatic heterocycles. The second-order valence-electron chi connectivity index (χ2n) is 3.36. The summed E-state index contributed by atoms with van der Waals surface area (Å²) in [5.74, 6) is 0.625. The van der Waals surface area contributed by atoms with Gasteiger partial charge in [-0.05, 0) is 12.1 Å². The first-order valence-corrected chi connectivity index (χ1v) is 7.50. The fourth-order valence-corrected chi connectivity index (χ4v) is 2.88. The number of sulfonamides is 1. The molecular formula is C10H16N4O2S2. The summed E-state index contributed by atoms with van der Waals surface area (Å²) in [7, 11) is -1.95. The zero-order valence-corrected chi connectivity index (χ0v) is 11.6. The molecule has 0 atom stereocenters. The quantitative estimate of drug-likeness (QED) is 0.411. The minimum Gasteiger partial charge on any atom is -0.353 e. The van der Waals surface area contributed by atoms with Gasteiger partial charge in [0.1, 0.15) is 4.21 Å². The molecule has 0 saturated carbocycles. The maximum Gasteiger partial charge on any atom is 0.247 e. The lowest BCUT2D eigenvalue weighted by Crippen LogP contribution is -2.36. The van der Waals surface area contributed by atoms with E-state index >= 15 is 0 Å². The molecule has 1 rings (SSSR count). The summed E-state index contributed by atoms with van der Waals surface area (Å²) >= 11 is 1.14. The molecule has 0 spiro atoms. The van der Waals surface area contributed by atoms with Gasteiger partial charge in [-0.15, -0.1) is 17.9 Å². The van der Waals surface area contributed by atoms with Crippen LogP contribution in [0.1, 0.15) is 4.88 Å². The molecule has 0 saturated heterocycles. The molecule has 0 aliphatic carbocycles. The van der Waals surface area contributed by atoms with E-state index in [1.54, 1.807) is 19.2 Å². The highest BCUT2D eigenvalue weighted by Crippen LogP contribution is 2.19. The molecule has 1 aromatic rings. The monoisotopic (exact) mass is 288 g/mol. The van der Waals surface area contributed by atoms with Crippen LogP contribution in [0.4, 0.5) is 0 Å². The third-order valence-electron chi connectivity index (χ3n) is 1.98. The SMILES string of the molecule is C=CCNC(=NC)NCc1ccc(S(N)(=O)=O)s1. The number of hydrogen-bond acceptors (Lipinski definition) is 4. The van der Waals surface area contributed by atoms with Crippen molar-refractivity contribution >= 4 is 27.3 Å². The number of guanidine groups is 1. The Morgan fingerprint density at radius 3 is 2.78 bits per heavy atom. The number of rotatable bonds is 5. The van der Waals surface area contributed by atoms with Crippen LogP contribution in [0.5, 0.6) is 0 Å². The molecule has 1 aromatic heterocycles. The smallest absolute Gasteiger partial charge is 0.247 e. The Morgan fingerprint density at radius 2 is 2.28 bits per heavy atom. The highest BCUT2D eigenvalue weighted by Gasteiger charge is 2.11. The van der Waals surface area contributed by atoms with Gasteiger partial charge in [0.05, 0.1) is 6.54 Å². The summed E-state index contributed by atoms with van der Waals surface area (Å²) in [6.07, 6.45) is 1.72. The van der Waals surface area contributed by atoms with Crippen molar-refractivity contribution in [3.05, 3.63) is 29.7 Å². The second-order valence-corrected chi connectivity index (χ2v) is 6.32. The highest BCUT2D eigenvalue weighted by atomic mass is 32.2. The van der Waals surface area contributed by atoms with Crippen molar-refractivity contribution in [3.63, 3.8) is 0 Å². The molecule has 0 aromatic carbocycles. The number of hydrogen-bond donors (Lipinski definition) is 3. The number of nitrogens with zero attached hydrogens (tertiary/aromatic N) is 1. The van der Waals surface area contributed by atoms with Crippen LogP contribution in [0.2, 0.25) is 0 Å². The Labute approximate surface area is 111 Å². The standard InChI is InChI=1S/C10H16N4O2S2/c1-3-6-13-10(12-2)14-7-8-4-5-9(17-8)18(11,15)16/h3-5H,1,6-7H2,2H3,(H2,11,15,16)(H2,12,13,14). The van der Waals surface area contributed by atoms with E-state index in [4.69, 9.17) is 5.14 Å². The lowest BCUT2D eigenvalue weighted by atomic mass is 10.4. The number of thiophene rings is 1. The zero-order valence-electron chi connectivity index (χ0n) is 10.0. The summed E-state index contributed by atoms with van der Waals surface area (Å²) < 4.78 is 22.4. The highest BCUT2D eigenvalue weighted by molar-refractivity contribution is 7.91. The Bertz CT molecular complexity index is 534. The molecule has 0 aliphatic rings. The number of nitrogens with two attached hydrogens (primary N) is 1. The molecule has 100 valence electrons. The van der Waals surface area contributed by atoms with Crippen molar-refractivity contribution in [3.8, 4) is 0 Å². The first-order chi connectivity index (χ1) is 8.47. The van der Waals surface area contributed by atoms with Crippen molar-refractivity contribution in [2.75, 3.05) is 13.6 Å². The van der Waals surface area contributed by atoms with E-state index < -0.39 is 10.0 Å². The average molecular weight is 288 g/mol. The number of primary sulfonamides is 1. The molecule has 0 unspecified atom stereocenters. The van der Waals surface area contributed by atoms with Crippen LogP contribution in [-0.2, 0) is 16.6 Å². The maximum atomic E-state index is 11.1. The number of aliphatic imine (C=N–C) groups is 1. The topological polar surface area (TPSA) is 96.6 Å². The van der Waals surface area contributed by atoms with Gasteiger partial charge in [0, 0.05) is 18.5 Å².